The first-order valence-electron chi connectivity index (χ1n) is 9.54. The van der Waals surface area contributed by atoms with E-state index in [1.807, 2.05) is 6.07 Å². The molecule has 0 atom stereocenters. The van der Waals surface area contributed by atoms with Crippen molar-refractivity contribution in [1.82, 2.24) is 20.7 Å². The van der Waals surface area contributed by atoms with Crippen LogP contribution in [-0.2, 0) is 30.8 Å². The van der Waals surface area contributed by atoms with Crippen molar-refractivity contribution in [1.29, 1.82) is 0 Å². The quantitative estimate of drug-likeness (QED) is 0.347. The van der Waals surface area contributed by atoms with Crippen LogP contribution in [0.2, 0.25) is 0 Å². The molecular weight excluding hydrogens is 469 g/mol. The minimum atomic E-state index is 0. The highest BCUT2D eigenvalue weighted by atomic mass is 127. The maximum Gasteiger partial charge on any atom is 0.191 e. The molecular formula is C20H30IN5O2. The number of guanidine groups is 1. The Morgan fingerprint density at radius 3 is 2.54 bits per heavy atom. The van der Waals surface area contributed by atoms with Gasteiger partial charge in [0.1, 0.15) is 0 Å². The van der Waals surface area contributed by atoms with Gasteiger partial charge in [0, 0.05) is 39.3 Å². The Morgan fingerprint density at radius 1 is 1.14 bits per heavy atom. The molecule has 2 heterocycles. The zero-order valence-corrected chi connectivity index (χ0v) is 18.9. The Hall–Kier alpha value is -1.65. The minimum absolute atomic E-state index is 0. The number of hydrogen-bond donors (Lipinski definition) is 2. The van der Waals surface area contributed by atoms with E-state index in [1.165, 1.54) is 11.1 Å². The topological polar surface area (TPSA) is 74.9 Å². The molecule has 3 rings (SSSR count). The number of halogens is 1. The molecule has 28 heavy (non-hydrogen) atoms. The Balaban J connectivity index is 0.00000280. The van der Waals surface area contributed by atoms with Gasteiger partial charge in [-0.3, -0.25) is 9.89 Å². The lowest BCUT2D eigenvalue weighted by Crippen LogP contribution is -2.37. The molecule has 1 aromatic carbocycles. The summed E-state index contributed by atoms with van der Waals surface area (Å²) < 4.78 is 10.7. The molecule has 8 heteroatoms. The number of aliphatic imine (C=N–C) groups is 1. The van der Waals surface area contributed by atoms with Gasteiger partial charge in [0.15, 0.2) is 11.7 Å². The summed E-state index contributed by atoms with van der Waals surface area (Å²) in [5.74, 6) is 1.55. The number of morpholine rings is 1. The van der Waals surface area contributed by atoms with Crippen LogP contribution >= 0.6 is 24.0 Å². The Kier molecular flexibility index (Phi) is 9.72. The van der Waals surface area contributed by atoms with Crippen LogP contribution in [0, 0.1) is 0 Å². The fraction of sp³-hybridized carbons (Fsp3) is 0.500. The van der Waals surface area contributed by atoms with E-state index < -0.39 is 0 Å². The van der Waals surface area contributed by atoms with E-state index in [2.05, 4.69) is 56.9 Å². The molecule has 0 radical (unpaired) electrons. The average Bonchev–Trinajstić information content (AvgIpc) is 3.18. The predicted molar refractivity (Wildman–Crippen MR) is 121 cm³/mol. The maximum absolute atomic E-state index is 5.44. The number of nitrogens with one attached hydrogen (secondary N) is 2. The van der Waals surface area contributed by atoms with E-state index in [0.717, 1.165) is 63.2 Å². The zero-order valence-electron chi connectivity index (χ0n) is 16.6. The van der Waals surface area contributed by atoms with Gasteiger partial charge in [0.25, 0.3) is 0 Å². The minimum Gasteiger partial charge on any atom is -0.379 e. The molecule has 0 unspecified atom stereocenters. The van der Waals surface area contributed by atoms with Gasteiger partial charge in [-0.25, -0.2) is 0 Å². The summed E-state index contributed by atoms with van der Waals surface area (Å²) in [7, 11) is 1.77. The number of ether oxygens (including phenoxy) is 1. The fourth-order valence-corrected chi connectivity index (χ4v) is 3.06. The lowest BCUT2D eigenvalue weighted by molar-refractivity contribution is 0.0341. The van der Waals surface area contributed by atoms with Crippen LogP contribution in [0.1, 0.15) is 29.5 Å². The molecule has 1 aliphatic rings. The van der Waals surface area contributed by atoms with Crippen molar-refractivity contribution in [3.8, 4) is 0 Å². The van der Waals surface area contributed by atoms with E-state index in [-0.39, 0.29) is 24.0 Å². The Bertz CT molecular complexity index is 744. The number of aryl methyl sites for hydroxylation is 1. The SMILES string of the molecule is CCc1cc(CNC(=NC)NCc2ccccc2CN2CCOCC2)on1.I. The molecule has 1 fully saturated rings. The van der Waals surface area contributed by atoms with Gasteiger partial charge in [-0.1, -0.05) is 36.3 Å². The first-order chi connectivity index (χ1) is 13.3. The van der Waals surface area contributed by atoms with Gasteiger partial charge in [-0.15, -0.1) is 24.0 Å². The first kappa shape index (κ1) is 22.6. The number of nitrogens with zero attached hydrogens (tertiary/aromatic N) is 3. The molecule has 0 aliphatic carbocycles. The monoisotopic (exact) mass is 499 g/mol. The lowest BCUT2D eigenvalue weighted by Gasteiger charge is -2.27. The third-order valence-corrected chi connectivity index (χ3v) is 4.69. The van der Waals surface area contributed by atoms with E-state index in [9.17, 15) is 0 Å². The van der Waals surface area contributed by atoms with Crippen LogP contribution < -0.4 is 10.6 Å². The van der Waals surface area contributed by atoms with Crippen LogP contribution in [0.5, 0.6) is 0 Å². The van der Waals surface area contributed by atoms with Crippen LogP contribution in [0.4, 0.5) is 0 Å². The van der Waals surface area contributed by atoms with Crippen LogP contribution in [0.3, 0.4) is 0 Å². The summed E-state index contributed by atoms with van der Waals surface area (Å²) in [6.45, 7) is 7.90. The largest absolute Gasteiger partial charge is 0.379 e. The van der Waals surface area contributed by atoms with Crippen molar-refractivity contribution in [2.24, 2.45) is 4.99 Å². The summed E-state index contributed by atoms with van der Waals surface area (Å²) >= 11 is 0. The van der Waals surface area contributed by atoms with Gasteiger partial charge in [0.05, 0.1) is 25.5 Å². The molecule has 1 saturated heterocycles. The van der Waals surface area contributed by atoms with Gasteiger partial charge < -0.3 is 19.9 Å². The second kappa shape index (κ2) is 12.0. The summed E-state index contributed by atoms with van der Waals surface area (Å²) in [5.41, 5.74) is 3.58. The van der Waals surface area contributed by atoms with E-state index >= 15 is 0 Å². The third kappa shape index (κ3) is 6.75. The molecule has 2 N–H and O–H groups in total. The highest BCUT2D eigenvalue weighted by Crippen LogP contribution is 2.13. The van der Waals surface area contributed by atoms with Crippen LogP contribution in [0.25, 0.3) is 0 Å². The highest BCUT2D eigenvalue weighted by Gasteiger charge is 2.13. The molecule has 1 aromatic heterocycles. The summed E-state index contributed by atoms with van der Waals surface area (Å²) in [5, 5.41) is 10.7. The fourth-order valence-electron chi connectivity index (χ4n) is 3.06. The molecule has 154 valence electrons. The Labute approximate surface area is 183 Å². The second-order valence-electron chi connectivity index (χ2n) is 6.57. The molecule has 0 amide bonds. The van der Waals surface area contributed by atoms with Crippen LogP contribution in [-0.4, -0.2) is 49.4 Å². The number of rotatable bonds is 7. The lowest BCUT2D eigenvalue weighted by atomic mass is 10.1. The van der Waals surface area contributed by atoms with Crippen molar-refractivity contribution in [2.75, 3.05) is 33.4 Å². The normalized spacial score (nSPS) is 15.1. The van der Waals surface area contributed by atoms with Gasteiger partial charge >= 0.3 is 0 Å². The van der Waals surface area contributed by atoms with E-state index in [0.29, 0.717) is 6.54 Å². The molecule has 1 aliphatic heterocycles. The predicted octanol–water partition coefficient (Wildman–Crippen LogP) is 2.55. The van der Waals surface area contributed by atoms with Crippen molar-refractivity contribution >= 4 is 29.9 Å². The number of hydrogen-bond acceptors (Lipinski definition) is 5. The molecule has 0 spiro atoms. The average molecular weight is 499 g/mol. The van der Waals surface area contributed by atoms with Crippen molar-refractivity contribution in [3.63, 3.8) is 0 Å². The van der Waals surface area contributed by atoms with Crippen molar-refractivity contribution in [2.45, 2.75) is 33.0 Å². The highest BCUT2D eigenvalue weighted by molar-refractivity contribution is 14.0. The van der Waals surface area contributed by atoms with E-state index in [1.54, 1.807) is 7.05 Å². The molecule has 7 nitrogen and oxygen atoms in total. The second-order valence-corrected chi connectivity index (χ2v) is 6.57. The molecule has 2 aromatic rings. The van der Waals surface area contributed by atoms with E-state index in [4.69, 9.17) is 9.26 Å². The smallest absolute Gasteiger partial charge is 0.191 e. The van der Waals surface area contributed by atoms with Gasteiger partial charge in [0.2, 0.25) is 0 Å². The standard InChI is InChI=1S/C20H29N5O2.HI/c1-3-18-12-19(27-24-18)14-23-20(21-2)22-13-16-6-4-5-7-17(16)15-25-8-10-26-11-9-25;/h4-7,12H,3,8-11,13-15H2,1-2H3,(H2,21,22,23);1H. The third-order valence-electron chi connectivity index (χ3n) is 4.69. The molecule has 0 saturated carbocycles. The maximum atomic E-state index is 5.44. The number of aromatic nitrogens is 1. The first-order valence-corrected chi connectivity index (χ1v) is 9.54. The van der Waals surface area contributed by atoms with Crippen molar-refractivity contribution < 1.29 is 9.26 Å². The molecule has 0 bridgehead atoms. The summed E-state index contributed by atoms with van der Waals surface area (Å²) in [4.78, 5) is 6.73. The van der Waals surface area contributed by atoms with Crippen molar-refractivity contribution in [3.05, 3.63) is 52.9 Å². The number of benzene rings is 1. The summed E-state index contributed by atoms with van der Waals surface area (Å²) in [6.07, 6.45) is 0.871. The van der Waals surface area contributed by atoms with Gasteiger partial charge in [-0.2, -0.15) is 0 Å². The summed E-state index contributed by atoms with van der Waals surface area (Å²) in [6, 6.07) is 10.5. The van der Waals surface area contributed by atoms with Gasteiger partial charge in [-0.05, 0) is 17.5 Å². The van der Waals surface area contributed by atoms with Crippen LogP contribution in [0.15, 0.2) is 39.8 Å². The zero-order chi connectivity index (χ0) is 18.9. The Morgan fingerprint density at radius 2 is 1.86 bits per heavy atom.